The Balaban J connectivity index is 1.69. The van der Waals surface area contributed by atoms with Crippen LogP contribution in [0.5, 0.6) is 5.75 Å². The van der Waals surface area contributed by atoms with Gasteiger partial charge in [-0.15, -0.1) is 0 Å². The summed E-state index contributed by atoms with van der Waals surface area (Å²) >= 11 is 0. The molecule has 0 saturated heterocycles. The fourth-order valence-electron chi connectivity index (χ4n) is 3.23. The molecule has 0 heterocycles. The number of nitrogens with one attached hydrogen (secondary N) is 1. The molecular weight excluding hydrogens is 322 g/mol. The fraction of sp³-hybridized carbons (Fsp3) is 0.261. The molecule has 0 aliphatic heterocycles. The Labute approximate surface area is 155 Å². The minimum Gasteiger partial charge on any atom is -0.481 e. The first-order valence-electron chi connectivity index (χ1n) is 9.06. The smallest absolute Gasteiger partial charge is 0.261 e. The molecule has 0 radical (unpaired) electrons. The summed E-state index contributed by atoms with van der Waals surface area (Å²) in [6.07, 6.45) is 0.125. The quantitative estimate of drug-likeness (QED) is 0.686. The van der Waals surface area contributed by atoms with Crippen molar-refractivity contribution in [3.8, 4) is 5.75 Å². The van der Waals surface area contributed by atoms with Gasteiger partial charge in [-0.05, 0) is 59.9 Å². The number of hydrogen-bond donors (Lipinski definition) is 1. The summed E-state index contributed by atoms with van der Waals surface area (Å²) in [5.74, 6) is 0.661. The highest BCUT2D eigenvalue weighted by molar-refractivity contribution is 5.86. The van der Waals surface area contributed by atoms with Crippen LogP contribution in [0.3, 0.4) is 0 Å². The van der Waals surface area contributed by atoms with Gasteiger partial charge >= 0.3 is 0 Å². The zero-order valence-electron chi connectivity index (χ0n) is 15.6. The third-order valence-corrected chi connectivity index (χ3v) is 4.47. The van der Waals surface area contributed by atoms with Crippen LogP contribution >= 0.6 is 0 Å². The molecule has 0 fully saturated rings. The Kier molecular flexibility index (Phi) is 5.57. The van der Waals surface area contributed by atoms with Crippen molar-refractivity contribution in [3.63, 3.8) is 0 Å². The molecule has 1 amide bonds. The van der Waals surface area contributed by atoms with E-state index in [2.05, 4.69) is 29.6 Å². The highest BCUT2D eigenvalue weighted by Gasteiger charge is 2.18. The van der Waals surface area contributed by atoms with Crippen LogP contribution in [0.1, 0.15) is 30.0 Å². The van der Waals surface area contributed by atoms with Crippen LogP contribution in [0, 0.1) is 13.8 Å². The molecule has 1 unspecified atom stereocenters. The number of fused-ring (bicyclic) bond motifs is 1. The van der Waals surface area contributed by atoms with Gasteiger partial charge in [-0.3, -0.25) is 4.79 Å². The topological polar surface area (TPSA) is 38.3 Å². The lowest BCUT2D eigenvalue weighted by Gasteiger charge is -2.18. The molecule has 3 nitrogen and oxygen atoms in total. The average Bonchev–Trinajstić information content (AvgIpc) is 2.63. The summed E-state index contributed by atoms with van der Waals surface area (Å²) in [7, 11) is 0. The molecule has 0 saturated carbocycles. The molecule has 1 N–H and O–H groups in total. The van der Waals surface area contributed by atoms with Crippen LogP contribution in [0.4, 0.5) is 0 Å². The van der Waals surface area contributed by atoms with Crippen LogP contribution in [-0.2, 0) is 11.3 Å². The summed E-state index contributed by atoms with van der Waals surface area (Å²) < 4.78 is 5.95. The number of rotatable bonds is 6. The third-order valence-electron chi connectivity index (χ3n) is 4.47. The molecule has 3 aromatic carbocycles. The van der Waals surface area contributed by atoms with Gasteiger partial charge in [0.05, 0.1) is 0 Å². The van der Waals surface area contributed by atoms with Crippen molar-refractivity contribution in [1.82, 2.24) is 5.32 Å². The number of hydrogen-bond acceptors (Lipinski definition) is 2. The molecule has 0 aliphatic rings. The highest BCUT2D eigenvalue weighted by Crippen LogP contribution is 2.20. The maximum atomic E-state index is 12.6. The number of amides is 1. The van der Waals surface area contributed by atoms with Gasteiger partial charge in [0.15, 0.2) is 6.10 Å². The highest BCUT2D eigenvalue weighted by atomic mass is 16.5. The Morgan fingerprint density at radius 2 is 1.69 bits per heavy atom. The molecule has 26 heavy (non-hydrogen) atoms. The van der Waals surface area contributed by atoms with Crippen LogP contribution in [-0.4, -0.2) is 12.0 Å². The molecule has 3 aromatic rings. The molecule has 0 bridgehead atoms. The van der Waals surface area contributed by atoms with Crippen molar-refractivity contribution < 1.29 is 9.53 Å². The van der Waals surface area contributed by atoms with Crippen molar-refractivity contribution in [2.45, 2.75) is 39.8 Å². The number of ether oxygens (including phenoxy) is 1. The largest absolute Gasteiger partial charge is 0.481 e. The second-order valence-corrected chi connectivity index (χ2v) is 6.69. The standard InChI is InChI=1S/C23H25NO2/c1-4-22(26-20-13-16(2)12-17(3)14-20)23(25)24-15-19-10-7-9-18-8-5-6-11-21(18)19/h5-14,22H,4,15H2,1-3H3,(H,24,25). The minimum atomic E-state index is -0.494. The van der Waals surface area contributed by atoms with E-state index in [9.17, 15) is 4.79 Å². The van der Waals surface area contributed by atoms with E-state index in [0.29, 0.717) is 13.0 Å². The number of benzene rings is 3. The molecular formula is C23H25NO2. The molecule has 1 atom stereocenters. The summed E-state index contributed by atoms with van der Waals surface area (Å²) in [6, 6.07) is 20.4. The van der Waals surface area contributed by atoms with Gasteiger partial charge in [0.2, 0.25) is 0 Å². The van der Waals surface area contributed by atoms with Gasteiger partial charge in [-0.25, -0.2) is 0 Å². The maximum Gasteiger partial charge on any atom is 0.261 e. The summed E-state index contributed by atoms with van der Waals surface area (Å²) in [5, 5.41) is 5.37. The first-order valence-corrected chi connectivity index (χ1v) is 9.06. The maximum absolute atomic E-state index is 12.6. The van der Waals surface area contributed by atoms with Crippen molar-refractivity contribution in [3.05, 3.63) is 77.4 Å². The van der Waals surface area contributed by atoms with Crippen molar-refractivity contribution in [2.24, 2.45) is 0 Å². The van der Waals surface area contributed by atoms with Gasteiger partial charge in [-0.1, -0.05) is 55.5 Å². The normalized spacial score (nSPS) is 12.0. The Bertz CT molecular complexity index is 891. The van der Waals surface area contributed by atoms with E-state index in [4.69, 9.17) is 4.74 Å². The predicted octanol–water partition coefficient (Wildman–Crippen LogP) is 4.93. The zero-order valence-corrected chi connectivity index (χ0v) is 15.6. The molecule has 0 spiro atoms. The molecule has 0 aromatic heterocycles. The molecule has 134 valence electrons. The number of carbonyl (C=O) groups is 1. The van der Waals surface area contributed by atoms with Crippen LogP contribution < -0.4 is 10.1 Å². The van der Waals surface area contributed by atoms with Crippen LogP contribution in [0.15, 0.2) is 60.7 Å². The minimum absolute atomic E-state index is 0.0837. The van der Waals surface area contributed by atoms with E-state index in [1.807, 2.05) is 57.2 Å². The first kappa shape index (κ1) is 18.0. The lowest BCUT2D eigenvalue weighted by Crippen LogP contribution is -2.37. The predicted molar refractivity (Wildman–Crippen MR) is 106 cm³/mol. The molecule has 0 aliphatic carbocycles. The van der Waals surface area contributed by atoms with Gasteiger partial charge in [0.25, 0.3) is 5.91 Å². The molecule has 3 heteroatoms. The average molecular weight is 347 g/mol. The summed E-state index contributed by atoms with van der Waals surface area (Å²) in [6.45, 7) is 6.51. The Morgan fingerprint density at radius 1 is 1.00 bits per heavy atom. The van der Waals surface area contributed by atoms with Crippen molar-refractivity contribution in [1.29, 1.82) is 0 Å². The van der Waals surface area contributed by atoms with Crippen LogP contribution in [0.2, 0.25) is 0 Å². The van der Waals surface area contributed by atoms with Gasteiger partial charge < -0.3 is 10.1 Å². The van der Waals surface area contributed by atoms with E-state index < -0.39 is 6.10 Å². The number of carbonyl (C=O) groups excluding carboxylic acids is 1. The van der Waals surface area contributed by atoms with E-state index >= 15 is 0 Å². The summed E-state index contributed by atoms with van der Waals surface area (Å²) in [4.78, 5) is 12.6. The lowest BCUT2D eigenvalue weighted by atomic mass is 10.0. The molecule has 3 rings (SSSR count). The Morgan fingerprint density at radius 3 is 2.42 bits per heavy atom. The lowest BCUT2D eigenvalue weighted by molar-refractivity contribution is -0.128. The SMILES string of the molecule is CCC(Oc1cc(C)cc(C)c1)C(=O)NCc1cccc2ccccc12. The van der Waals surface area contributed by atoms with Crippen LogP contribution in [0.25, 0.3) is 10.8 Å². The van der Waals surface area contributed by atoms with E-state index in [1.54, 1.807) is 0 Å². The van der Waals surface area contributed by atoms with E-state index in [-0.39, 0.29) is 5.91 Å². The summed E-state index contributed by atoms with van der Waals surface area (Å²) in [5.41, 5.74) is 3.37. The first-order chi connectivity index (χ1) is 12.6. The van der Waals surface area contributed by atoms with E-state index in [1.165, 1.54) is 10.8 Å². The van der Waals surface area contributed by atoms with Crippen molar-refractivity contribution in [2.75, 3.05) is 0 Å². The van der Waals surface area contributed by atoms with Crippen molar-refractivity contribution >= 4 is 16.7 Å². The van der Waals surface area contributed by atoms with Gasteiger partial charge in [0.1, 0.15) is 5.75 Å². The fourth-order valence-corrected chi connectivity index (χ4v) is 3.23. The van der Waals surface area contributed by atoms with Gasteiger partial charge in [0, 0.05) is 6.54 Å². The number of aryl methyl sites for hydroxylation is 2. The monoisotopic (exact) mass is 347 g/mol. The zero-order chi connectivity index (χ0) is 18.5. The van der Waals surface area contributed by atoms with Gasteiger partial charge in [-0.2, -0.15) is 0 Å². The van der Waals surface area contributed by atoms with E-state index in [0.717, 1.165) is 22.4 Å². The second kappa shape index (κ2) is 8.05. The Hall–Kier alpha value is -2.81. The third kappa shape index (κ3) is 4.23. The second-order valence-electron chi connectivity index (χ2n) is 6.69.